The highest BCUT2D eigenvalue weighted by atomic mass is 32.2. The molecule has 0 saturated heterocycles. The Kier molecular flexibility index (Phi) is 7.30. The number of hydrogen-bond acceptors (Lipinski definition) is 3. The lowest BCUT2D eigenvalue weighted by Crippen LogP contribution is -2.33. The van der Waals surface area contributed by atoms with Crippen molar-refractivity contribution in [3.05, 3.63) is 100.0 Å². The molecule has 4 rings (SSSR count). The standard InChI is InChI=1S/C28H28N2O2S/c1-3-4-17-29-27(31)22-15-13-21(14-16-22)18-26-28(32)30(19-23-10-6-5-9-20(23)2)24-11-7-8-12-25(24)33-26/h5-16,18H,3-4,17,19H2,1-2H3,(H,29,31). The van der Waals surface area contributed by atoms with Gasteiger partial charge in [-0.1, -0.05) is 73.6 Å². The minimum Gasteiger partial charge on any atom is -0.352 e. The minimum absolute atomic E-state index is 0.0108. The number of aryl methyl sites for hydroxylation is 1. The summed E-state index contributed by atoms with van der Waals surface area (Å²) in [6.07, 6.45) is 3.92. The van der Waals surface area contributed by atoms with E-state index < -0.39 is 0 Å². The van der Waals surface area contributed by atoms with Gasteiger partial charge in [0.1, 0.15) is 0 Å². The molecule has 4 nitrogen and oxygen atoms in total. The number of para-hydroxylation sites is 1. The Bertz CT molecular complexity index is 1180. The summed E-state index contributed by atoms with van der Waals surface area (Å²) in [5.74, 6) is -0.0764. The van der Waals surface area contributed by atoms with Crippen molar-refractivity contribution < 1.29 is 9.59 Å². The van der Waals surface area contributed by atoms with E-state index in [2.05, 4.69) is 37.4 Å². The predicted molar refractivity (Wildman–Crippen MR) is 136 cm³/mol. The van der Waals surface area contributed by atoms with Crippen molar-refractivity contribution in [2.24, 2.45) is 0 Å². The number of hydrogen-bond donors (Lipinski definition) is 1. The van der Waals surface area contributed by atoms with E-state index in [1.165, 1.54) is 17.3 Å². The average Bonchev–Trinajstić information content (AvgIpc) is 2.83. The van der Waals surface area contributed by atoms with Gasteiger partial charge in [0.05, 0.1) is 17.1 Å². The molecule has 3 aromatic rings. The van der Waals surface area contributed by atoms with Crippen molar-refractivity contribution in [2.75, 3.05) is 11.4 Å². The third-order valence-corrected chi connectivity index (χ3v) is 6.79. The van der Waals surface area contributed by atoms with E-state index in [-0.39, 0.29) is 11.8 Å². The summed E-state index contributed by atoms with van der Waals surface area (Å²) in [5.41, 5.74) is 4.75. The maximum absolute atomic E-state index is 13.5. The van der Waals surface area contributed by atoms with E-state index >= 15 is 0 Å². The van der Waals surface area contributed by atoms with Crippen LogP contribution in [0.1, 0.15) is 46.8 Å². The van der Waals surface area contributed by atoms with Crippen LogP contribution < -0.4 is 10.2 Å². The molecule has 0 saturated carbocycles. The zero-order chi connectivity index (χ0) is 23.2. The summed E-state index contributed by atoms with van der Waals surface area (Å²) in [5, 5.41) is 2.93. The van der Waals surface area contributed by atoms with Crippen LogP contribution in [0.2, 0.25) is 0 Å². The van der Waals surface area contributed by atoms with Crippen LogP contribution in [0.25, 0.3) is 6.08 Å². The van der Waals surface area contributed by atoms with Gasteiger partial charge in [-0.3, -0.25) is 9.59 Å². The Morgan fingerprint density at radius 1 is 1.00 bits per heavy atom. The second kappa shape index (κ2) is 10.5. The summed E-state index contributed by atoms with van der Waals surface area (Å²) in [6.45, 7) is 5.38. The normalized spacial score (nSPS) is 14.3. The molecule has 0 fully saturated rings. The summed E-state index contributed by atoms with van der Waals surface area (Å²) >= 11 is 1.49. The van der Waals surface area contributed by atoms with Gasteiger partial charge in [0.2, 0.25) is 0 Å². The van der Waals surface area contributed by atoms with Crippen molar-refractivity contribution in [2.45, 2.75) is 38.1 Å². The van der Waals surface area contributed by atoms with Crippen LogP contribution in [-0.2, 0) is 11.3 Å². The Labute approximate surface area is 199 Å². The fourth-order valence-electron chi connectivity index (χ4n) is 3.74. The number of nitrogens with zero attached hydrogens (tertiary/aromatic N) is 1. The predicted octanol–water partition coefficient (Wildman–Crippen LogP) is 6.20. The zero-order valence-corrected chi connectivity index (χ0v) is 19.8. The SMILES string of the molecule is CCCCNC(=O)c1ccc(C=C2Sc3ccccc3N(Cc3ccccc3C)C2=O)cc1. The van der Waals surface area contributed by atoms with Crippen LogP contribution in [0.3, 0.4) is 0 Å². The monoisotopic (exact) mass is 456 g/mol. The Morgan fingerprint density at radius 2 is 1.73 bits per heavy atom. The van der Waals surface area contributed by atoms with Gasteiger partial charge in [-0.15, -0.1) is 0 Å². The molecular formula is C28H28N2O2S. The zero-order valence-electron chi connectivity index (χ0n) is 19.0. The van der Waals surface area contributed by atoms with Crippen molar-refractivity contribution in [1.82, 2.24) is 5.32 Å². The molecule has 1 heterocycles. The Balaban J connectivity index is 1.58. The van der Waals surface area contributed by atoms with Crippen LogP contribution >= 0.6 is 11.8 Å². The highest BCUT2D eigenvalue weighted by molar-refractivity contribution is 8.04. The maximum atomic E-state index is 13.5. The van der Waals surface area contributed by atoms with Crippen LogP contribution in [0.5, 0.6) is 0 Å². The highest BCUT2D eigenvalue weighted by Gasteiger charge is 2.29. The van der Waals surface area contributed by atoms with Crippen molar-refractivity contribution in [3.8, 4) is 0 Å². The number of benzene rings is 3. The van der Waals surface area contributed by atoms with Gasteiger partial charge >= 0.3 is 0 Å². The lowest BCUT2D eigenvalue weighted by Gasteiger charge is -2.31. The molecule has 1 N–H and O–H groups in total. The Hall–Kier alpha value is -3.31. The van der Waals surface area contributed by atoms with Gasteiger partial charge in [-0.2, -0.15) is 0 Å². The van der Waals surface area contributed by atoms with E-state index in [0.29, 0.717) is 23.6 Å². The first-order valence-corrected chi connectivity index (χ1v) is 12.1. The molecular weight excluding hydrogens is 428 g/mol. The largest absolute Gasteiger partial charge is 0.352 e. The third-order valence-electron chi connectivity index (χ3n) is 5.71. The summed E-state index contributed by atoms with van der Waals surface area (Å²) in [7, 11) is 0. The van der Waals surface area contributed by atoms with Gasteiger partial charge in [-0.05, 0) is 60.4 Å². The number of amides is 2. The van der Waals surface area contributed by atoms with Crippen molar-refractivity contribution in [1.29, 1.82) is 0 Å². The fourth-order valence-corrected chi connectivity index (χ4v) is 4.80. The van der Waals surface area contributed by atoms with E-state index in [1.807, 2.05) is 65.6 Å². The summed E-state index contributed by atoms with van der Waals surface area (Å²) in [6, 6.07) is 23.6. The number of anilines is 1. The smallest absolute Gasteiger partial charge is 0.265 e. The van der Waals surface area contributed by atoms with Gasteiger partial charge in [0.25, 0.3) is 11.8 Å². The first-order valence-electron chi connectivity index (χ1n) is 11.3. The molecule has 0 radical (unpaired) electrons. The third kappa shape index (κ3) is 5.37. The second-order valence-corrected chi connectivity index (χ2v) is 9.21. The molecule has 0 unspecified atom stereocenters. The topological polar surface area (TPSA) is 49.4 Å². The molecule has 0 atom stereocenters. The highest BCUT2D eigenvalue weighted by Crippen LogP contribution is 2.42. The minimum atomic E-state index is -0.0656. The van der Waals surface area contributed by atoms with Crippen LogP contribution in [0.4, 0.5) is 5.69 Å². The molecule has 2 amide bonds. The molecule has 1 aliphatic rings. The average molecular weight is 457 g/mol. The molecule has 0 aromatic heterocycles. The molecule has 0 spiro atoms. The van der Waals surface area contributed by atoms with Gasteiger partial charge in [0.15, 0.2) is 0 Å². The second-order valence-electron chi connectivity index (χ2n) is 8.13. The van der Waals surface area contributed by atoms with E-state index in [0.717, 1.165) is 34.6 Å². The van der Waals surface area contributed by atoms with Gasteiger partial charge in [0, 0.05) is 17.0 Å². The molecule has 0 bridgehead atoms. The van der Waals surface area contributed by atoms with Crippen LogP contribution in [-0.4, -0.2) is 18.4 Å². The quantitative estimate of drug-likeness (QED) is 0.340. The molecule has 5 heteroatoms. The van der Waals surface area contributed by atoms with Crippen LogP contribution in [0, 0.1) is 6.92 Å². The summed E-state index contributed by atoms with van der Waals surface area (Å²) < 4.78 is 0. The van der Waals surface area contributed by atoms with Crippen LogP contribution in [0.15, 0.2) is 82.6 Å². The number of rotatable bonds is 7. The maximum Gasteiger partial charge on any atom is 0.265 e. The first kappa shape index (κ1) is 22.9. The molecule has 1 aliphatic heterocycles. The molecule has 3 aromatic carbocycles. The lowest BCUT2D eigenvalue weighted by atomic mass is 10.1. The molecule has 0 aliphatic carbocycles. The molecule has 33 heavy (non-hydrogen) atoms. The number of unbranched alkanes of at least 4 members (excludes halogenated alkanes) is 1. The lowest BCUT2D eigenvalue weighted by molar-refractivity contribution is -0.114. The van der Waals surface area contributed by atoms with Gasteiger partial charge in [-0.25, -0.2) is 0 Å². The number of thioether (sulfide) groups is 1. The van der Waals surface area contributed by atoms with E-state index in [4.69, 9.17) is 0 Å². The number of carbonyl (C=O) groups is 2. The van der Waals surface area contributed by atoms with E-state index in [9.17, 15) is 9.59 Å². The van der Waals surface area contributed by atoms with E-state index in [1.54, 1.807) is 0 Å². The Morgan fingerprint density at radius 3 is 2.48 bits per heavy atom. The van der Waals surface area contributed by atoms with Gasteiger partial charge < -0.3 is 10.2 Å². The first-order chi connectivity index (χ1) is 16.1. The number of carbonyl (C=O) groups excluding carboxylic acids is 2. The molecule has 168 valence electrons. The van der Waals surface area contributed by atoms with Crippen molar-refractivity contribution in [3.63, 3.8) is 0 Å². The fraction of sp³-hybridized carbons (Fsp3) is 0.214. The summed E-state index contributed by atoms with van der Waals surface area (Å²) in [4.78, 5) is 29.4. The van der Waals surface area contributed by atoms with Crippen molar-refractivity contribution >= 4 is 35.3 Å². The number of nitrogens with one attached hydrogen (secondary N) is 1. The number of fused-ring (bicyclic) bond motifs is 1.